The van der Waals surface area contributed by atoms with Crippen LogP contribution in [0.4, 0.5) is 11.6 Å². The summed E-state index contributed by atoms with van der Waals surface area (Å²) in [6.45, 7) is 8.77. The Morgan fingerprint density at radius 3 is 2.13 bits per heavy atom. The molecule has 1 aromatic rings. The molecule has 0 aromatic carbocycles. The highest BCUT2D eigenvalue weighted by Crippen LogP contribution is 2.25. The van der Waals surface area contributed by atoms with Crippen LogP contribution in [-0.2, 0) is 0 Å². The molecular weight excluding hydrogens is 188 g/mol. The van der Waals surface area contributed by atoms with Crippen LogP contribution in [0.2, 0.25) is 0 Å². The molecular formula is C11H20N4. The Balaban J connectivity index is 2.85. The van der Waals surface area contributed by atoms with Gasteiger partial charge < -0.3 is 10.6 Å². The molecule has 84 valence electrons. The molecule has 0 aliphatic heterocycles. The van der Waals surface area contributed by atoms with Crippen LogP contribution in [-0.4, -0.2) is 23.1 Å². The smallest absolute Gasteiger partial charge is 0.225 e. The molecule has 0 saturated heterocycles. The fourth-order valence-corrected chi connectivity index (χ4v) is 1.27. The predicted molar refractivity (Wildman–Crippen MR) is 63.8 cm³/mol. The molecule has 4 nitrogen and oxygen atoms in total. The minimum Gasteiger partial charge on any atom is -0.396 e. The molecule has 0 bridgehead atoms. The topological polar surface area (TPSA) is 55.0 Å². The summed E-state index contributed by atoms with van der Waals surface area (Å²) in [6.07, 6.45) is 3.27. The highest BCUT2D eigenvalue weighted by atomic mass is 15.3. The molecule has 0 fully saturated rings. The van der Waals surface area contributed by atoms with Gasteiger partial charge in [0.25, 0.3) is 0 Å². The average molecular weight is 208 g/mol. The Morgan fingerprint density at radius 1 is 1.27 bits per heavy atom. The monoisotopic (exact) mass is 208 g/mol. The second-order valence-corrected chi connectivity index (χ2v) is 4.97. The maximum atomic E-state index is 5.55. The van der Waals surface area contributed by atoms with Crippen LogP contribution in [0.25, 0.3) is 0 Å². The number of hydrogen-bond acceptors (Lipinski definition) is 4. The lowest BCUT2D eigenvalue weighted by molar-refractivity contribution is 0.327. The molecule has 0 saturated carbocycles. The molecule has 4 heteroatoms. The molecule has 0 aliphatic rings. The zero-order valence-electron chi connectivity index (χ0n) is 10.2. The number of nitrogen functional groups attached to an aromatic ring is 1. The maximum absolute atomic E-state index is 5.55. The molecule has 0 amide bonds. The van der Waals surface area contributed by atoms with E-state index in [9.17, 15) is 0 Å². The van der Waals surface area contributed by atoms with Crippen molar-refractivity contribution in [3.05, 3.63) is 12.4 Å². The van der Waals surface area contributed by atoms with Crippen LogP contribution in [0.15, 0.2) is 12.4 Å². The van der Waals surface area contributed by atoms with E-state index in [0.717, 1.165) is 0 Å². The van der Waals surface area contributed by atoms with Gasteiger partial charge in [-0.3, -0.25) is 0 Å². The number of aromatic nitrogens is 2. The van der Waals surface area contributed by atoms with Gasteiger partial charge in [-0.05, 0) is 12.3 Å². The van der Waals surface area contributed by atoms with Crippen molar-refractivity contribution in [3.8, 4) is 0 Å². The Hall–Kier alpha value is -1.32. The SMILES string of the molecule is CC(N(C)c1ncc(N)cn1)C(C)(C)C. The Labute approximate surface area is 91.5 Å². The molecule has 1 heterocycles. The van der Waals surface area contributed by atoms with Gasteiger partial charge >= 0.3 is 0 Å². The quantitative estimate of drug-likeness (QED) is 0.807. The standard InChI is InChI=1S/C11H20N4/c1-8(11(2,3)4)15(5)10-13-6-9(12)7-14-10/h6-8H,12H2,1-5H3. The predicted octanol–water partition coefficient (Wildman–Crippen LogP) is 1.93. The summed E-state index contributed by atoms with van der Waals surface area (Å²) in [7, 11) is 2.00. The van der Waals surface area contributed by atoms with Crippen molar-refractivity contribution >= 4 is 11.6 Å². The third-order valence-electron chi connectivity index (χ3n) is 2.81. The summed E-state index contributed by atoms with van der Waals surface area (Å²) < 4.78 is 0. The van der Waals surface area contributed by atoms with Gasteiger partial charge in [-0.1, -0.05) is 20.8 Å². The van der Waals surface area contributed by atoms with E-state index in [-0.39, 0.29) is 5.41 Å². The lowest BCUT2D eigenvalue weighted by Crippen LogP contribution is -2.40. The van der Waals surface area contributed by atoms with Gasteiger partial charge in [0.1, 0.15) is 0 Å². The van der Waals surface area contributed by atoms with Crippen molar-refractivity contribution in [2.24, 2.45) is 5.41 Å². The summed E-state index contributed by atoms with van der Waals surface area (Å²) in [5.41, 5.74) is 6.33. The molecule has 1 aromatic heterocycles. The van der Waals surface area contributed by atoms with Gasteiger partial charge in [0.2, 0.25) is 5.95 Å². The van der Waals surface area contributed by atoms with Gasteiger partial charge in [-0.15, -0.1) is 0 Å². The van der Waals surface area contributed by atoms with Crippen molar-refractivity contribution in [1.29, 1.82) is 0 Å². The summed E-state index contributed by atoms with van der Waals surface area (Å²) >= 11 is 0. The molecule has 1 rings (SSSR count). The highest BCUT2D eigenvalue weighted by molar-refractivity contribution is 5.38. The summed E-state index contributed by atoms with van der Waals surface area (Å²) in [5.74, 6) is 0.714. The van der Waals surface area contributed by atoms with Crippen LogP contribution in [0.1, 0.15) is 27.7 Å². The number of hydrogen-bond donors (Lipinski definition) is 1. The van der Waals surface area contributed by atoms with Gasteiger partial charge in [0.05, 0.1) is 18.1 Å². The minimum atomic E-state index is 0.194. The molecule has 0 radical (unpaired) electrons. The number of nitrogens with two attached hydrogens (primary N) is 1. The average Bonchev–Trinajstić information content (AvgIpc) is 2.15. The van der Waals surface area contributed by atoms with Crippen molar-refractivity contribution in [1.82, 2.24) is 9.97 Å². The largest absolute Gasteiger partial charge is 0.396 e. The van der Waals surface area contributed by atoms with E-state index in [1.165, 1.54) is 0 Å². The van der Waals surface area contributed by atoms with E-state index < -0.39 is 0 Å². The maximum Gasteiger partial charge on any atom is 0.225 e. The third kappa shape index (κ3) is 2.81. The van der Waals surface area contributed by atoms with Crippen molar-refractivity contribution in [2.75, 3.05) is 17.7 Å². The van der Waals surface area contributed by atoms with Crippen molar-refractivity contribution in [3.63, 3.8) is 0 Å². The van der Waals surface area contributed by atoms with Crippen LogP contribution < -0.4 is 10.6 Å². The Morgan fingerprint density at radius 2 is 1.73 bits per heavy atom. The summed E-state index contributed by atoms with van der Waals surface area (Å²) in [5, 5.41) is 0. The molecule has 1 unspecified atom stereocenters. The van der Waals surface area contributed by atoms with Crippen molar-refractivity contribution < 1.29 is 0 Å². The van der Waals surface area contributed by atoms with Gasteiger partial charge in [0.15, 0.2) is 0 Å². The first-order valence-electron chi connectivity index (χ1n) is 5.12. The fraction of sp³-hybridized carbons (Fsp3) is 0.636. The van der Waals surface area contributed by atoms with Crippen LogP contribution in [0.5, 0.6) is 0 Å². The van der Waals surface area contributed by atoms with Gasteiger partial charge in [-0.25, -0.2) is 9.97 Å². The fourth-order valence-electron chi connectivity index (χ4n) is 1.27. The first-order valence-corrected chi connectivity index (χ1v) is 5.12. The number of rotatable bonds is 2. The third-order valence-corrected chi connectivity index (χ3v) is 2.81. The molecule has 15 heavy (non-hydrogen) atoms. The number of anilines is 2. The van der Waals surface area contributed by atoms with E-state index in [1.807, 2.05) is 7.05 Å². The Kier molecular flexibility index (Phi) is 3.17. The van der Waals surface area contributed by atoms with E-state index in [2.05, 4.69) is 42.6 Å². The number of nitrogens with zero attached hydrogens (tertiary/aromatic N) is 3. The van der Waals surface area contributed by atoms with Crippen LogP contribution in [0.3, 0.4) is 0 Å². The highest BCUT2D eigenvalue weighted by Gasteiger charge is 2.25. The first-order chi connectivity index (χ1) is 6.82. The van der Waals surface area contributed by atoms with Crippen LogP contribution in [0, 0.1) is 5.41 Å². The summed E-state index contributed by atoms with van der Waals surface area (Å²) in [4.78, 5) is 10.5. The normalized spacial score (nSPS) is 13.7. The molecule has 0 aliphatic carbocycles. The molecule has 2 N–H and O–H groups in total. The Bertz CT molecular complexity index is 312. The van der Waals surface area contributed by atoms with Gasteiger partial charge in [-0.2, -0.15) is 0 Å². The summed E-state index contributed by atoms with van der Waals surface area (Å²) in [6, 6.07) is 0.362. The van der Waals surface area contributed by atoms with E-state index >= 15 is 0 Å². The zero-order chi connectivity index (χ0) is 11.6. The van der Waals surface area contributed by atoms with Crippen molar-refractivity contribution in [2.45, 2.75) is 33.7 Å². The molecule has 1 atom stereocenters. The molecule has 0 spiro atoms. The van der Waals surface area contributed by atoms with Crippen LogP contribution >= 0.6 is 0 Å². The second-order valence-electron chi connectivity index (χ2n) is 4.97. The second kappa shape index (κ2) is 4.04. The first kappa shape index (κ1) is 11.8. The van der Waals surface area contributed by atoms with E-state index in [0.29, 0.717) is 17.7 Å². The van der Waals surface area contributed by atoms with Gasteiger partial charge in [0, 0.05) is 13.1 Å². The lowest BCUT2D eigenvalue weighted by atomic mass is 9.87. The van der Waals surface area contributed by atoms with E-state index in [1.54, 1.807) is 12.4 Å². The zero-order valence-corrected chi connectivity index (χ0v) is 10.2. The lowest BCUT2D eigenvalue weighted by Gasteiger charge is -2.35. The van der Waals surface area contributed by atoms with E-state index in [4.69, 9.17) is 5.73 Å². The minimum absolute atomic E-state index is 0.194.